The predicted octanol–water partition coefficient (Wildman–Crippen LogP) is 4.02. The summed E-state index contributed by atoms with van der Waals surface area (Å²) in [5.74, 6) is -2.36. The number of aromatic nitrogens is 2. The summed E-state index contributed by atoms with van der Waals surface area (Å²) in [5, 5.41) is 11.1. The van der Waals surface area contributed by atoms with E-state index >= 15 is 0 Å². The minimum Gasteiger partial charge on any atom is -0.493 e. The molecule has 0 radical (unpaired) electrons. The van der Waals surface area contributed by atoms with E-state index in [0.717, 1.165) is 10.9 Å². The van der Waals surface area contributed by atoms with Gasteiger partial charge in [0.05, 0.1) is 12.1 Å². The minimum atomic E-state index is -5.08. The Morgan fingerprint density at radius 1 is 1.21 bits per heavy atom. The maximum Gasteiger partial charge on any atom is 0.490 e. The highest BCUT2D eigenvalue weighted by atomic mass is 35.5. The van der Waals surface area contributed by atoms with Crippen molar-refractivity contribution in [2.45, 2.75) is 19.0 Å². The van der Waals surface area contributed by atoms with E-state index in [9.17, 15) is 22.8 Å². The van der Waals surface area contributed by atoms with Crippen molar-refractivity contribution in [1.29, 1.82) is 0 Å². The van der Waals surface area contributed by atoms with Crippen molar-refractivity contribution < 1.29 is 32.6 Å². The van der Waals surface area contributed by atoms with Crippen LogP contribution in [-0.2, 0) is 16.6 Å². The van der Waals surface area contributed by atoms with Crippen molar-refractivity contribution in [2.24, 2.45) is 7.05 Å². The lowest BCUT2D eigenvalue weighted by Gasteiger charge is -2.11. The number of nitrogens with one attached hydrogen (secondary N) is 1. The number of nitrogens with zero attached hydrogens (tertiary/aromatic N) is 2. The van der Waals surface area contributed by atoms with E-state index in [-0.39, 0.29) is 11.5 Å². The van der Waals surface area contributed by atoms with E-state index in [4.69, 9.17) is 26.2 Å². The fourth-order valence-corrected chi connectivity index (χ4v) is 2.79. The van der Waals surface area contributed by atoms with Crippen LogP contribution in [0.1, 0.15) is 12.8 Å². The van der Waals surface area contributed by atoms with Gasteiger partial charge in [-0.1, -0.05) is 23.7 Å². The van der Waals surface area contributed by atoms with E-state index in [1.165, 1.54) is 12.3 Å². The van der Waals surface area contributed by atoms with Gasteiger partial charge in [0.1, 0.15) is 10.9 Å². The fourth-order valence-electron chi connectivity index (χ4n) is 2.62. The number of carbonyl (C=O) groups excluding carboxylic acids is 1. The molecule has 0 spiro atoms. The van der Waals surface area contributed by atoms with E-state index in [1.54, 1.807) is 23.7 Å². The third kappa shape index (κ3) is 7.79. The maximum atomic E-state index is 12.0. The Hall–Kier alpha value is -3.60. The topological polar surface area (TPSA) is 111 Å². The number of para-hydroxylation sites is 1. The average Bonchev–Trinajstić information content (AvgIpc) is 2.74. The highest BCUT2D eigenvalue weighted by Gasteiger charge is 2.38. The molecule has 0 saturated heterocycles. The molecule has 1 amide bonds. The van der Waals surface area contributed by atoms with Gasteiger partial charge in [-0.15, -0.1) is 0 Å². The van der Waals surface area contributed by atoms with Crippen LogP contribution in [0.2, 0.25) is 5.15 Å². The quantitative estimate of drug-likeness (QED) is 0.403. The van der Waals surface area contributed by atoms with Gasteiger partial charge in [0, 0.05) is 36.8 Å². The molecular weight excluding hydrogens is 467 g/mol. The van der Waals surface area contributed by atoms with Gasteiger partial charge in [-0.05, 0) is 30.7 Å². The normalized spacial score (nSPS) is 10.8. The molecule has 0 atom stereocenters. The van der Waals surface area contributed by atoms with Crippen LogP contribution >= 0.6 is 11.6 Å². The molecule has 8 nitrogen and oxygen atoms in total. The molecule has 1 aromatic carbocycles. The van der Waals surface area contributed by atoms with Crippen molar-refractivity contribution >= 4 is 40.1 Å². The van der Waals surface area contributed by atoms with Crippen molar-refractivity contribution in [3.8, 4) is 5.75 Å². The van der Waals surface area contributed by atoms with Gasteiger partial charge in [0.15, 0.2) is 0 Å². The third-order valence-electron chi connectivity index (χ3n) is 4.17. The number of rotatable bonds is 6. The van der Waals surface area contributed by atoms with Gasteiger partial charge < -0.3 is 19.7 Å². The van der Waals surface area contributed by atoms with Gasteiger partial charge in [0.25, 0.3) is 5.56 Å². The first-order chi connectivity index (χ1) is 15.5. The van der Waals surface area contributed by atoms with E-state index in [2.05, 4.69) is 10.3 Å². The average molecular weight is 486 g/mol. The number of pyridine rings is 2. The summed E-state index contributed by atoms with van der Waals surface area (Å²) < 4.78 is 39.1. The molecule has 3 rings (SSSR count). The predicted molar refractivity (Wildman–Crippen MR) is 115 cm³/mol. The summed E-state index contributed by atoms with van der Waals surface area (Å²) in [6.45, 7) is 0.335. The number of halogens is 4. The molecule has 0 bridgehead atoms. The number of carboxylic acid groups (broad SMARTS) is 1. The Bertz CT molecular complexity index is 1200. The van der Waals surface area contributed by atoms with Gasteiger partial charge in [0.2, 0.25) is 5.91 Å². The molecule has 3 aromatic rings. The minimum absolute atomic E-state index is 0.133. The van der Waals surface area contributed by atoms with Crippen LogP contribution in [0.4, 0.5) is 18.9 Å². The zero-order valence-electron chi connectivity index (χ0n) is 17.2. The second-order valence-corrected chi connectivity index (χ2v) is 6.98. The van der Waals surface area contributed by atoms with Gasteiger partial charge in [-0.25, -0.2) is 9.78 Å². The zero-order valence-corrected chi connectivity index (χ0v) is 18.0. The molecule has 2 heterocycles. The lowest BCUT2D eigenvalue weighted by Crippen LogP contribution is -2.21. The summed E-state index contributed by atoms with van der Waals surface area (Å²) >= 11 is 5.78. The van der Waals surface area contributed by atoms with Crippen LogP contribution in [0, 0.1) is 0 Å². The van der Waals surface area contributed by atoms with Gasteiger partial charge in [-0.2, -0.15) is 13.2 Å². The Labute approximate surface area is 190 Å². The lowest BCUT2D eigenvalue weighted by atomic mass is 10.2. The summed E-state index contributed by atoms with van der Waals surface area (Å²) in [5.41, 5.74) is 1.28. The van der Waals surface area contributed by atoms with Crippen molar-refractivity contribution in [3.63, 3.8) is 0 Å². The number of alkyl halides is 3. The number of ether oxygens (including phenoxy) is 1. The molecule has 176 valence electrons. The smallest absolute Gasteiger partial charge is 0.490 e. The van der Waals surface area contributed by atoms with Crippen LogP contribution in [0.15, 0.2) is 53.5 Å². The number of amides is 1. The molecule has 2 N–H and O–H groups in total. The molecule has 0 unspecified atom stereocenters. The first-order valence-corrected chi connectivity index (χ1v) is 9.80. The molecule has 0 aliphatic rings. The number of carbonyl (C=O) groups is 2. The number of carboxylic acids is 1. The van der Waals surface area contributed by atoms with Crippen molar-refractivity contribution in [3.05, 3.63) is 64.2 Å². The second kappa shape index (κ2) is 11.3. The molecule has 2 aromatic heterocycles. The number of hydrogen-bond donors (Lipinski definition) is 2. The highest BCUT2D eigenvalue weighted by Crippen LogP contribution is 2.23. The molecule has 12 heteroatoms. The Kier molecular flexibility index (Phi) is 8.80. The number of benzene rings is 1. The monoisotopic (exact) mass is 485 g/mol. The number of aliphatic carboxylic acids is 1. The first-order valence-electron chi connectivity index (χ1n) is 9.42. The largest absolute Gasteiger partial charge is 0.493 e. The summed E-state index contributed by atoms with van der Waals surface area (Å²) in [6.07, 6.45) is -2.74. The molecule has 0 saturated carbocycles. The molecule has 0 aliphatic carbocycles. The number of fused-ring (bicyclic) bond motifs is 1. The van der Waals surface area contributed by atoms with E-state index < -0.39 is 12.1 Å². The maximum absolute atomic E-state index is 12.0. The van der Waals surface area contributed by atoms with Gasteiger partial charge >= 0.3 is 12.1 Å². The van der Waals surface area contributed by atoms with Crippen molar-refractivity contribution in [2.75, 3.05) is 11.9 Å². The molecule has 0 fully saturated rings. The van der Waals surface area contributed by atoms with Crippen LogP contribution in [-0.4, -0.2) is 39.3 Å². The number of anilines is 1. The van der Waals surface area contributed by atoms with Crippen LogP contribution in [0.5, 0.6) is 5.75 Å². The summed E-state index contributed by atoms with van der Waals surface area (Å²) in [6, 6.07) is 12.3. The highest BCUT2D eigenvalue weighted by molar-refractivity contribution is 6.29. The van der Waals surface area contributed by atoms with Crippen LogP contribution in [0.25, 0.3) is 10.9 Å². The second-order valence-electron chi connectivity index (χ2n) is 6.59. The number of aryl methyl sites for hydroxylation is 1. The SMILES string of the molecule is Cn1c(=O)cc(OCCCC(=O)Nc2ccnc(Cl)c2)c2ccccc21.O=C(O)C(F)(F)F. The van der Waals surface area contributed by atoms with Crippen LogP contribution < -0.4 is 15.6 Å². The summed E-state index contributed by atoms with van der Waals surface area (Å²) in [7, 11) is 1.73. The van der Waals surface area contributed by atoms with Crippen molar-refractivity contribution in [1.82, 2.24) is 9.55 Å². The van der Waals surface area contributed by atoms with E-state index in [0.29, 0.717) is 36.0 Å². The summed E-state index contributed by atoms with van der Waals surface area (Å²) in [4.78, 5) is 36.7. The Morgan fingerprint density at radius 2 is 1.88 bits per heavy atom. The van der Waals surface area contributed by atoms with Gasteiger partial charge in [-0.3, -0.25) is 9.59 Å². The molecule has 0 aliphatic heterocycles. The van der Waals surface area contributed by atoms with E-state index in [1.807, 2.05) is 24.3 Å². The third-order valence-corrected chi connectivity index (χ3v) is 4.38. The Balaban J connectivity index is 0.000000479. The molecular formula is C21H19ClF3N3O5. The first kappa shape index (κ1) is 25.7. The standard InChI is InChI=1S/C19H18ClN3O3.C2HF3O2/c1-23-15-6-3-2-5-14(15)16(12-19(23)25)26-10-4-7-18(24)22-13-8-9-21-17(20)11-13;3-2(4,5)1(6)7/h2-3,5-6,8-9,11-12H,4,7,10H2,1H3,(H,21,22,24);(H,6,7). The zero-order chi connectivity index (χ0) is 24.6. The molecule has 33 heavy (non-hydrogen) atoms. The lowest BCUT2D eigenvalue weighted by molar-refractivity contribution is -0.192. The fraction of sp³-hybridized carbons (Fsp3) is 0.238. The Morgan fingerprint density at radius 3 is 2.52 bits per heavy atom. The van der Waals surface area contributed by atoms with Crippen LogP contribution in [0.3, 0.4) is 0 Å². The number of hydrogen-bond acceptors (Lipinski definition) is 5.